The van der Waals surface area contributed by atoms with Crippen molar-refractivity contribution in [2.24, 2.45) is 11.8 Å². The van der Waals surface area contributed by atoms with Crippen LogP contribution >= 0.6 is 11.3 Å². The summed E-state index contributed by atoms with van der Waals surface area (Å²) in [5, 5.41) is 13.1. The molecule has 0 amide bonds. The van der Waals surface area contributed by atoms with E-state index in [-0.39, 0.29) is 48.9 Å². The quantitative estimate of drug-likeness (QED) is 0.0706. The Bertz CT molecular complexity index is 1740. The molecule has 257 valence electrons. The van der Waals surface area contributed by atoms with Crippen molar-refractivity contribution in [1.82, 2.24) is 4.98 Å². The number of allylic oxidation sites excluding steroid dienone is 2. The minimum absolute atomic E-state index is 0. The summed E-state index contributed by atoms with van der Waals surface area (Å²) >= 11 is -0.0547. The predicted molar refractivity (Wildman–Crippen MR) is 204 cm³/mol. The van der Waals surface area contributed by atoms with Gasteiger partial charge in [-0.3, -0.25) is 4.79 Å². The van der Waals surface area contributed by atoms with E-state index in [0.717, 1.165) is 58.0 Å². The van der Waals surface area contributed by atoms with E-state index < -0.39 is 20.1 Å². The molecule has 0 saturated heterocycles. The number of carbonyl (C=O) groups excluding carboxylic acids is 1. The first-order chi connectivity index (χ1) is 22.8. The van der Waals surface area contributed by atoms with Crippen LogP contribution in [-0.4, -0.2) is 29.1 Å². The second kappa shape index (κ2) is 18.1. The van der Waals surface area contributed by atoms with Gasteiger partial charge in [0.05, 0.1) is 5.76 Å². The molecular formula is C41H56GeIrNO2S-. The molecule has 0 fully saturated rings. The molecule has 47 heavy (non-hydrogen) atoms. The number of aromatic nitrogens is 1. The number of hydrogen-bond acceptors (Lipinski definition) is 4. The number of aryl methyl sites for hydroxylation is 1. The first-order valence-electron chi connectivity index (χ1n) is 18.3. The zero-order valence-corrected chi connectivity index (χ0v) is 35.3. The van der Waals surface area contributed by atoms with Gasteiger partial charge in [-0.05, 0) is 25.7 Å². The number of fused-ring (bicyclic) bond motifs is 1. The van der Waals surface area contributed by atoms with Gasteiger partial charge in [0.25, 0.3) is 0 Å². The maximum atomic E-state index is 11.7. The van der Waals surface area contributed by atoms with Crippen LogP contribution in [0.25, 0.3) is 32.5 Å². The van der Waals surface area contributed by atoms with E-state index in [4.69, 9.17) is 4.11 Å². The Balaban J connectivity index is 0.000000461. The fourth-order valence-corrected chi connectivity index (χ4v) is 11.8. The zero-order chi connectivity index (χ0) is 36.7. The molecule has 1 radical (unpaired) electrons. The fourth-order valence-electron chi connectivity index (χ4n) is 5.72. The van der Waals surface area contributed by atoms with E-state index in [1.54, 1.807) is 17.5 Å². The van der Waals surface area contributed by atoms with Crippen LogP contribution in [0.2, 0.25) is 17.3 Å². The molecule has 4 rings (SSSR count). The number of rotatable bonds is 11. The monoisotopic (exact) mass is 896 g/mol. The maximum absolute atomic E-state index is 11.7. The molecule has 0 aliphatic heterocycles. The molecule has 0 unspecified atom stereocenters. The van der Waals surface area contributed by atoms with Gasteiger partial charge in [-0.2, -0.15) is 0 Å². The summed E-state index contributed by atoms with van der Waals surface area (Å²) < 4.78 is 24.3. The van der Waals surface area contributed by atoms with Gasteiger partial charge < -0.3 is 5.11 Å². The van der Waals surface area contributed by atoms with E-state index in [1.807, 2.05) is 39.8 Å². The van der Waals surface area contributed by atoms with Crippen LogP contribution < -0.4 is 0 Å². The number of nitrogens with zero attached hydrogens (tertiary/aromatic N) is 1. The second-order valence-electron chi connectivity index (χ2n) is 14.5. The summed E-state index contributed by atoms with van der Waals surface area (Å²) in [6.07, 6.45) is 6.45. The number of ketones is 1. The Kier molecular flexibility index (Phi) is 13.9. The summed E-state index contributed by atoms with van der Waals surface area (Å²) in [6, 6.07) is 20.2. The number of hydrogen-bond donors (Lipinski definition) is 1. The van der Waals surface area contributed by atoms with E-state index in [9.17, 15) is 9.90 Å². The van der Waals surface area contributed by atoms with E-state index in [2.05, 4.69) is 85.5 Å². The summed E-state index contributed by atoms with van der Waals surface area (Å²) in [4.78, 5) is 18.7. The summed E-state index contributed by atoms with van der Waals surface area (Å²) in [7, 11) is 0. The average molecular weight is 895 g/mol. The first kappa shape index (κ1) is 36.2. The molecule has 0 aliphatic rings. The topological polar surface area (TPSA) is 50.2 Å². The molecule has 3 nitrogen and oxygen atoms in total. The smallest absolute Gasteiger partial charge is 0 e. The van der Waals surface area contributed by atoms with Crippen LogP contribution in [-0.2, 0) is 35.6 Å². The van der Waals surface area contributed by atoms with Crippen LogP contribution in [0, 0.1) is 24.8 Å². The maximum Gasteiger partial charge on any atom is 0 e. The van der Waals surface area contributed by atoms with E-state index in [1.165, 1.54) is 21.9 Å². The summed E-state index contributed by atoms with van der Waals surface area (Å²) in [5.41, 5.74) is 3.88. The number of aliphatic hydroxyl groups excluding tert-OH is 1. The normalized spacial score (nSPS) is 13.4. The van der Waals surface area contributed by atoms with Gasteiger partial charge in [-0.25, -0.2) is 0 Å². The van der Waals surface area contributed by atoms with Crippen LogP contribution in [0.3, 0.4) is 0 Å². The van der Waals surface area contributed by atoms with Gasteiger partial charge in [0.15, 0.2) is 5.78 Å². The Morgan fingerprint density at radius 1 is 1.00 bits per heavy atom. The Labute approximate surface area is 309 Å². The zero-order valence-electron chi connectivity index (χ0n) is 33.0. The number of pyridine rings is 1. The van der Waals surface area contributed by atoms with Crippen molar-refractivity contribution in [2.45, 2.75) is 109 Å². The molecule has 2 heterocycles. The fraction of sp³-hybridized carbons (Fsp3) is 0.463. The third-order valence-corrected chi connectivity index (χ3v) is 13.2. The Hall–Kier alpha value is -2.05. The van der Waals surface area contributed by atoms with Crippen molar-refractivity contribution in [3.63, 3.8) is 0 Å². The molecule has 0 aliphatic carbocycles. The van der Waals surface area contributed by atoms with Gasteiger partial charge in [-0.15, -0.1) is 0 Å². The number of carbonyl (C=O) groups is 1. The van der Waals surface area contributed by atoms with Gasteiger partial charge in [0.2, 0.25) is 0 Å². The number of thiophene rings is 1. The largest absolute Gasteiger partial charge is 0 e. The Morgan fingerprint density at radius 2 is 1.64 bits per heavy atom. The van der Waals surface area contributed by atoms with Crippen molar-refractivity contribution in [3.8, 4) is 21.7 Å². The standard InChI is InChI=1S/C28H32GeNS.C13H24O2.Ir/c1-19-18-30-26(16-24(19)27-13-12-22(31-27)17-29(5,6)7)21-14-20-10-8-9-11-23(20)25(15-21)28(2,3)4;1-5-10(6-2)12(14)9-13(15)11(7-3)8-4;/h8-13,15-16,18H,17H2,1-7H3;9-11,14H,5-8H2,1-4H3;/q-1;;/b;12-9-;/i1D3;;. The molecule has 0 spiro atoms. The summed E-state index contributed by atoms with van der Waals surface area (Å²) in [6.45, 7) is 12.5. The molecule has 4 aromatic rings. The molecule has 1 N–H and O–H groups in total. The molecule has 0 atom stereocenters. The van der Waals surface area contributed by atoms with Crippen LogP contribution in [0.1, 0.15) is 94.3 Å². The van der Waals surface area contributed by atoms with E-state index >= 15 is 0 Å². The molecule has 6 heteroatoms. The Morgan fingerprint density at radius 3 is 2.21 bits per heavy atom. The van der Waals surface area contributed by atoms with Crippen LogP contribution in [0.15, 0.2) is 66.6 Å². The summed E-state index contributed by atoms with van der Waals surface area (Å²) in [5.74, 6) is 7.76. The average Bonchev–Trinajstić information content (AvgIpc) is 3.47. The van der Waals surface area contributed by atoms with Crippen molar-refractivity contribution in [2.75, 3.05) is 0 Å². The third kappa shape index (κ3) is 11.5. The second-order valence-corrected chi connectivity index (χ2v) is 27.2. The van der Waals surface area contributed by atoms with Gasteiger partial charge in [-0.1, -0.05) is 33.8 Å². The van der Waals surface area contributed by atoms with Crippen LogP contribution in [0.4, 0.5) is 0 Å². The first-order valence-corrected chi connectivity index (χ1v) is 25.4. The minimum Gasteiger partial charge on any atom is 0 e. The molecule has 2 aromatic carbocycles. The van der Waals surface area contributed by atoms with Gasteiger partial charge in [0.1, 0.15) is 0 Å². The minimum atomic E-state index is -2.23. The van der Waals surface area contributed by atoms with Crippen molar-refractivity contribution in [1.29, 1.82) is 0 Å². The number of aliphatic hydroxyl groups is 1. The molecular weight excluding hydrogens is 835 g/mol. The molecule has 2 aromatic heterocycles. The van der Waals surface area contributed by atoms with Crippen molar-refractivity contribution < 1.29 is 34.1 Å². The van der Waals surface area contributed by atoms with Gasteiger partial charge >= 0.3 is 192 Å². The number of benzene rings is 2. The SMILES string of the molecule is CCC(CC)C(=O)/C=C(\O)C(CC)CC.[2H]C([2H])([2H])c1cnc(-c2[c-]c3ccccc3c(C(C)(C)C)c2)cc1-c1ccc([CH2][Ge]([CH3])([CH3])[CH3])s1.[Ir]. The molecule has 0 bridgehead atoms. The van der Waals surface area contributed by atoms with Crippen LogP contribution in [0.5, 0.6) is 0 Å². The van der Waals surface area contributed by atoms with Gasteiger partial charge in [0, 0.05) is 38.0 Å². The predicted octanol–water partition coefficient (Wildman–Crippen LogP) is 12.3. The molecule has 0 saturated carbocycles. The van der Waals surface area contributed by atoms with Crippen molar-refractivity contribution >= 4 is 41.2 Å². The van der Waals surface area contributed by atoms with Crippen molar-refractivity contribution in [3.05, 3.63) is 88.6 Å². The third-order valence-electron chi connectivity index (χ3n) is 8.48. The van der Waals surface area contributed by atoms with E-state index in [0.29, 0.717) is 5.56 Å².